The molecule has 1 aliphatic heterocycles. The van der Waals surface area contributed by atoms with Gasteiger partial charge in [-0.1, -0.05) is 12.1 Å². The summed E-state index contributed by atoms with van der Waals surface area (Å²) in [5.41, 5.74) is 1.17. The molecule has 3 N–H and O–H groups in total. The second kappa shape index (κ2) is 10.6. The average molecular weight is 613 g/mol. The second-order valence-corrected chi connectivity index (χ2v) is 11.3. The van der Waals surface area contributed by atoms with Crippen LogP contribution in [0.25, 0.3) is 16.6 Å². The molecule has 0 spiro atoms. The van der Waals surface area contributed by atoms with Gasteiger partial charge in [-0.15, -0.1) is 0 Å². The van der Waals surface area contributed by atoms with Crippen LogP contribution in [-0.4, -0.2) is 44.5 Å². The number of fused-ring (bicyclic) bond motifs is 1. The van der Waals surface area contributed by atoms with Crippen LogP contribution in [0.1, 0.15) is 61.2 Å². The molecule has 1 fully saturated rings. The Morgan fingerprint density at radius 2 is 1.64 bits per heavy atom. The molecular formula is C29H28BF4N5O5. The number of nitrogens with zero attached hydrogens (tertiary/aromatic N) is 3. The van der Waals surface area contributed by atoms with Crippen molar-refractivity contribution in [2.75, 3.05) is 5.32 Å². The number of nitrogens with two attached hydrogens (primary N) is 1. The predicted octanol–water partition coefficient (Wildman–Crippen LogP) is 4.02. The lowest BCUT2D eigenvalue weighted by Crippen LogP contribution is -2.41. The quantitative estimate of drug-likeness (QED) is 0.250. The number of nitrogens with one attached hydrogen (secondary N) is 1. The molecule has 2 amide bonds. The van der Waals surface area contributed by atoms with Crippen molar-refractivity contribution in [2.45, 2.75) is 58.5 Å². The lowest BCUT2D eigenvalue weighted by molar-refractivity contribution is -0.141. The highest BCUT2D eigenvalue weighted by atomic mass is 19.4. The first kappa shape index (κ1) is 30.9. The molecule has 0 aliphatic carbocycles. The second-order valence-electron chi connectivity index (χ2n) is 11.3. The number of amides is 2. The number of carbonyl (C=O) groups is 2. The van der Waals surface area contributed by atoms with Gasteiger partial charge in [0.15, 0.2) is 5.69 Å². The van der Waals surface area contributed by atoms with Crippen molar-refractivity contribution in [1.29, 1.82) is 0 Å². The Kier molecular flexibility index (Phi) is 7.45. The summed E-state index contributed by atoms with van der Waals surface area (Å²) in [6.45, 7) is 9.34. The summed E-state index contributed by atoms with van der Waals surface area (Å²) in [4.78, 5) is 42.2. The number of aryl methyl sites for hydroxylation is 1. The Hall–Kier alpha value is -4.50. The van der Waals surface area contributed by atoms with E-state index < -0.39 is 70.0 Å². The predicted molar refractivity (Wildman–Crippen MR) is 155 cm³/mol. The molecule has 44 heavy (non-hydrogen) atoms. The standard InChI is InChI=1S/C29H28BF4N5O5/c1-6-38-23-19(26(42)39(38)17-10-7-15(8-11-17)30-43-27(2,3)28(4,5)44-30)14-21(29(32,33)34)37-22(23)25(41)36-16-9-12-20(31)18(13-16)24(35)40/h7-14H,6H2,1-5H3,(H2,35,40)(H,36,41). The van der Waals surface area contributed by atoms with Crippen LogP contribution >= 0.6 is 0 Å². The normalized spacial score (nSPS) is 16.0. The van der Waals surface area contributed by atoms with Gasteiger partial charge in [-0.05, 0) is 76.5 Å². The van der Waals surface area contributed by atoms with E-state index in [9.17, 15) is 31.9 Å². The SMILES string of the molecule is CCn1c2c(C(=O)Nc3ccc(F)c(C(N)=O)c3)nc(C(F)(F)F)cc2c(=O)n1-c1ccc(B2OC(C)(C)C(C)(C)O2)cc1. The third-order valence-corrected chi connectivity index (χ3v) is 7.87. The Balaban J connectivity index is 1.62. The summed E-state index contributed by atoms with van der Waals surface area (Å²) < 4.78 is 70.3. The number of pyridine rings is 1. The first-order chi connectivity index (χ1) is 20.4. The van der Waals surface area contributed by atoms with E-state index in [1.54, 1.807) is 31.2 Å². The van der Waals surface area contributed by atoms with Crippen molar-refractivity contribution in [2.24, 2.45) is 5.73 Å². The number of primary amides is 1. The van der Waals surface area contributed by atoms with Gasteiger partial charge >= 0.3 is 13.3 Å². The lowest BCUT2D eigenvalue weighted by Gasteiger charge is -2.32. The number of halogens is 4. The molecule has 3 heterocycles. The number of rotatable bonds is 6. The topological polar surface area (TPSA) is 130 Å². The molecule has 1 aliphatic rings. The monoisotopic (exact) mass is 613 g/mol. The van der Waals surface area contributed by atoms with E-state index in [0.717, 1.165) is 22.9 Å². The third-order valence-electron chi connectivity index (χ3n) is 7.87. The summed E-state index contributed by atoms with van der Waals surface area (Å²) in [6, 6.07) is 10.1. The fourth-order valence-corrected chi connectivity index (χ4v) is 4.88. The van der Waals surface area contributed by atoms with E-state index in [0.29, 0.717) is 17.2 Å². The van der Waals surface area contributed by atoms with Gasteiger partial charge in [-0.2, -0.15) is 13.2 Å². The molecule has 0 bridgehead atoms. The fraction of sp³-hybridized carbons (Fsp3) is 0.310. The molecular weight excluding hydrogens is 585 g/mol. The zero-order valence-electron chi connectivity index (χ0n) is 24.4. The first-order valence-corrected chi connectivity index (χ1v) is 13.6. The van der Waals surface area contributed by atoms with Crippen LogP contribution in [0.5, 0.6) is 0 Å². The number of benzene rings is 2. The molecule has 15 heteroatoms. The summed E-state index contributed by atoms with van der Waals surface area (Å²) in [5, 5.41) is 1.93. The van der Waals surface area contributed by atoms with Crippen LogP contribution in [0.2, 0.25) is 0 Å². The molecule has 2 aromatic heterocycles. The fourth-order valence-electron chi connectivity index (χ4n) is 4.88. The van der Waals surface area contributed by atoms with Gasteiger partial charge in [0.25, 0.3) is 17.4 Å². The van der Waals surface area contributed by atoms with Crippen LogP contribution in [0.3, 0.4) is 0 Å². The molecule has 5 rings (SSSR count). The molecule has 0 radical (unpaired) electrons. The summed E-state index contributed by atoms with van der Waals surface area (Å²) in [5.74, 6) is -3.19. The first-order valence-electron chi connectivity index (χ1n) is 13.6. The maximum atomic E-state index is 14.0. The molecule has 230 valence electrons. The smallest absolute Gasteiger partial charge is 0.399 e. The summed E-state index contributed by atoms with van der Waals surface area (Å²) >= 11 is 0. The van der Waals surface area contributed by atoms with Crippen molar-refractivity contribution >= 4 is 41.0 Å². The minimum absolute atomic E-state index is 0.0629. The average Bonchev–Trinajstić information content (AvgIpc) is 3.35. The minimum Gasteiger partial charge on any atom is -0.399 e. The van der Waals surface area contributed by atoms with Crippen LogP contribution in [-0.2, 0) is 22.0 Å². The molecule has 0 atom stereocenters. The zero-order chi connectivity index (χ0) is 32.4. The molecule has 10 nitrogen and oxygen atoms in total. The van der Waals surface area contributed by atoms with Gasteiger partial charge in [0.2, 0.25) is 0 Å². The Morgan fingerprint density at radius 3 is 2.18 bits per heavy atom. The van der Waals surface area contributed by atoms with E-state index in [2.05, 4.69) is 10.3 Å². The van der Waals surface area contributed by atoms with E-state index >= 15 is 0 Å². The molecule has 4 aromatic rings. The number of hydrogen-bond acceptors (Lipinski definition) is 6. The number of carbonyl (C=O) groups excluding carboxylic acids is 2. The van der Waals surface area contributed by atoms with Gasteiger partial charge in [-0.25, -0.2) is 14.1 Å². The van der Waals surface area contributed by atoms with Gasteiger partial charge in [0.05, 0.1) is 27.8 Å². The largest absolute Gasteiger partial charge is 0.494 e. The van der Waals surface area contributed by atoms with Crippen molar-refractivity contribution in [3.8, 4) is 5.69 Å². The van der Waals surface area contributed by atoms with Crippen molar-refractivity contribution < 1.29 is 36.5 Å². The van der Waals surface area contributed by atoms with Crippen molar-refractivity contribution in [1.82, 2.24) is 14.3 Å². The molecule has 0 saturated carbocycles. The number of aromatic nitrogens is 3. The maximum Gasteiger partial charge on any atom is 0.494 e. The van der Waals surface area contributed by atoms with Crippen LogP contribution < -0.4 is 22.1 Å². The summed E-state index contributed by atoms with van der Waals surface area (Å²) in [6.07, 6.45) is -4.99. The lowest BCUT2D eigenvalue weighted by atomic mass is 9.79. The number of anilines is 1. The Labute approximate surface area is 248 Å². The number of hydrogen-bond donors (Lipinski definition) is 2. The summed E-state index contributed by atoms with van der Waals surface area (Å²) in [7, 11) is -0.682. The molecule has 2 aromatic carbocycles. The van der Waals surface area contributed by atoms with E-state index in [1.165, 1.54) is 4.68 Å². The molecule has 0 unspecified atom stereocenters. The van der Waals surface area contributed by atoms with Gasteiger partial charge in [0, 0.05) is 12.2 Å². The number of alkyl halides is 3. The van der Waals surface area contributed by atoms with Gasteiger partial charge < -0.3 is 20.4 Å². The maximum absolute atomic E-state index is 14.0. The highest BCUT2D eigenvalue weighted by Crippen LogP contribution is 2.36. The van der Waals surface area contributed by atoms with E-state index in [-0.39, 0.29) is 17.7 Å². The Bertz CT molecular complexity index is 1850. The van der Waals surface area contributed by atoms with Gasteiger partial charge in [-0.3, -0.25) is 19.1 Å². The van der Waals surface area contributed by atoms with E-state index in [4.69, 9.17) is 15.0 Å². The van der Waals surface area contributed by atoms with Crippen molar-refractivity contribution in [3.05, 3.63) is 81.7 Å². The third kappa shape index (κ3) is 5.26. The van der Waals surface area contributed by atoms with Crippen molar-refractivity contribution in [3.63, 3.8) is 0 Å². The van der Waals surface area contributed by atoms with E-state index in [1.807, 2.05) is 27.7 Å². The van der Waals surface area contributed by atoms with Crippen LogP contribution in [0.4, 0.5) is 23.2 Å². The minimum atomic E-state index is -4.99. The van der Waals surface area contributed by atoms with Crippen LogP contribution in [0, 0.1) is 5.82 Å². The highest BCUT2D eigenvalue weighted by molar-refractivity contribution is 6.62. The Morgan fingerprint density at radius 1 is 1.02 bits per heavy atom. The molecule has 1 saturated heterocycles. The van der Waals surface area contributed by atoms with Crippen LogP contribution in [0.15, 0.2) is 53.3 Å². The van der Waals surface area contributed by atoms with Gasteiger partial charge in [0.1, 0.15) is 17.0 Å². The zero-order valence-corrected chi connectivity index (χ0v) is 24.4. The highest BCUT2D eigenvalue weighted by Gasteiger charge is 2.51.